The minimum Gasteiger partial charge on any atom is -0.431 e. The lowest BCUT2D eigenvalue weighted by Gasteiger charge is -2.08. The smallest absolute Gasteiger partial charge is 0.329 e. The summed E-state index contributed by atoms with van der Waals surface area (Å²) >= 11 is 0. The van der Waals surface area contributed by atoms with Gasteiger partial charge in [-0.05, 0) is 24.3 Å². The third-order valence-electron chi connectivity index (χ3n) is 1.97. The average Bonchev–Trinajstić information content (AvgIpc) is 2.31. The first-order valence-corrected chi connectivity index (χ1v) is 6.25. The Labute approximate surface area is 95.0 Å². The van der Waals surface area contributed by atoms with Crippen molar-refractivity contribution < 1.29 is 9.09 Å². The van der Waals surface area contributed by atoms with Crippen molar-refractivity contribution in [2.75, 3.05) is 5.09 Å². The van der Waals surface area contributed by atoms with E-state index >= 15 is 0 Å². The largest absolute Gasteiger partial charge is 0.431 e. The number of rotatable bonds is 4. The molecule has 4 heteroatoms. The summed E-state index contributed by atoms with van der Waals surface area (Å²) in [5.41, 5.74) is 0.794. The van der Waals surface area contributed by atoms with Crippen LogP contribution in [-0.4, -0.2) is 0 Å². The SMILES string of the molecule is O=[PH](Nc1ccccc1)Oc1ccccc1. The summed E-state index contributed by atoms with van der Waals surface area (Å²) in [6.45, 7) is 0. The van der Waals surface area contributed by atoms with Crippen LogP contribution in [0.1, 0.15) is 0 Å². The van der Waals surface area contributed by atoms with Crippen molar-refractivity contribution in [3.05, 3.63) is 60.7 Å². The van der Waals surface area contributed by atoms with Crippen molar-refractivity contribution in [2.45, 2.75) is 0 Å². The molecule has 0 aliphatic heterocycles. The molecule has 3 nitrogen and oxygen atoms in total. The second kappa shape index (κ2) is 5.38. The van der Waals surface area contributed by atoms with E-state index in [1.807, 2.05) is 48.5 Å². The molecule has 82 valence electrons. The monoisotopic (exact) mass is 233 g/mol. The van der Waals surface area contributed by atoms with Crippen molar-refractivity contribution >= 4 is 13.9 Å². The Morgan fingerprint density at radius 1 is 0.875 bits per heavy atom. The summed E-state index contributed by atoms with van der Waals surface area (Å²) in [7, 11) is -2.29. The first-order chi connectivity index (χ1) is 7.84. The lowest BCUT2D eigenvalue weighted by molar-refractivity contribution is 0.510. The minimum atomic E-state index is -2.29. The van der Waals surface area contributed by atoms with E-state index < -0.39 is 8.18 Å². The molecule has 0 saturated heterocycles. The molecule has 0 aliphatic carbocycles. The van der Waals surface area contributed by atoms with E-state index in [9.17, 15) is 4.57 Å². The zero-order valence-electron chi connectivity index (χ0n) is 8.59. The predicted molar refractivity (Wildman–Crippen MR) is 66.1 cm³/mol. The molecule has 0 saturated carbocycles. The lowest BCUT2D eigenvalue weighted by atomic mass is 10.3. The highest BCUT2D eigenvalue weighted by Crippen LogP contribution is 2.27. The molecule has 0 amide bonds. The Kier molecular flexibility index (Phi) is 3.62. The van der Waals surface area contributed by atoms with Crippen LogP contribution in [0.25, 0.3) is 0 Å². The van der Waals surface area contributed by atoms with Gasteiger partial charge in [0.25, 0.3) is 0 Å². The molecule has 0 bridgehead atoms. The van der Waals surface area contributed by atoms with E-state index in [0.717, 1.165) is 5.69 Å². The van der Waals surface area contributed by atoms with E-state index in [2.05, 4.69) is 5.09 Å². The van der Waals surface area contributed by atoms with Gasteiger partial charge in [-0.25, -0.2) is 0 Å². The van der Waals surface area contributed by atoms with Gasteiger partial charge in [0.05, 0.1) is 0 Å². The highest BCUT2D eigenvalue weighted by atomic mass is 31.1. The van der Waals surface area contributed by atoms with E-state index in [-0.39, 0.29) is 0 Å². The van der Waals surface area contributed by atoms with E-state index in [4.69, 9.17) is 4.52 Å². The second-order valence-electron chi connectivity index (χ2n) is 3.19. The first kappa shape index (κ1) is 10.8. The van der Waals surface area contributed by atoms with Gasteiger partial charge >= 0.3 is 8.18 Å². The standard InChI is InChI=1S/C12H12NO2P/c14-16(13-11-7-3-1-4-8-11)15-12-9-5-2-6-10-12/h1-10,16H,(H,13,14). The molecule has 2 rings (SSSR count). The van der Waals surface area contributed by atoms with Gasteiger partial charge in [0.2, 0.25) is 0 Å². The number of benzene rings is 2. The molecule has 0 heterocycles. The average molecular weight is 233 g/mol. The third-order valence-corrected chi connectivity index (χ3v) is 2.89. The van der Waals surface area contributed by atoms with Gasteiger partial charge < -0.3 is 9.61 Å². The van der Waals surface area contributed by atoms with Gasteiger partial charge in [-0.2, -0.15) is 0 Å². The summed E-state index contributed by atoms with van der Waals surface area (Å²) in [4.78, 5) is 0. The highest BCUT2D eigenvalue weighted by Gasteiger charge is 2.00. The fourth-order valence-electron chi connectivity index (χ4n) is 1.26. The molecule has 1 atom stereocenters. The number of nitrogens with one attached hydrogen (secondary N) is 1. The maximum absolute atomic E-state index is 11.6. The van der Waals surface area contributed by atoms with Crippen molar-refractivity contribution in [2.24, 2.45) is 0 Å². The molecule has 2 aromatic rings. The summed E-state index contributed by atoms with van der Waals surface area (Å²) in [5, 5.41) is 2.81. The van der Waals surface area contributed by atoms with Crippen LogP contribution in [0.5, 0.6) is 5.75 Å². The van der Waals surface area contributed by atoms with Crippen LogP contribution in [0.4, 0.5) is 5.69 Å². The Balaban J connectivity index is 1.95. The maximum atomic E-state index is 11.6. The van der Waals surface area contributed by atoms with Crippen LogP contribution in [0.2, 0.25) is 0 Å². The molecule has 2 aromatic carbocycles. The van der Waals surface area contributed by atoms with E-state index in [0.29, 0.717) is 5.75 Å². The van der Waals surface area contributed by atoms with Crippen LogP contribution in [-0.2, 0) is 4.57 Å². The van der Waals surface area contributed by atoms with E-state index in [1.165, 1.54) is 0 Å². The summed E-state index contributed by atoms with van der Waals surface area (Å²) in [5.74, 6) is 0.606. The maximum Gasteiger partial charge on any atom is 0.329 e. The van der Waals surface area contributed by atoms with Gasteiger partial charge in [0.15, 0.2) is 0 Å². The zero-order valence-corrected chi connectivity index (χ0v) is 9.59. The minimum absolute atomic E-state index is 0.606. The van der Waals surface area contributed by atoms with Crippen molar-refractivity contribution in [1.29, 1.82) is 0 Å². The van der Waals surface area contributed by atoms with Gasteiger partial charge in [0, 0.05) is 5.69 Å². The fourth-order valence-corrected chi connectivity index (χ4v) is 2.06. The molecule has 0 fully saturated rings. The normalized spacial score (nSPS) is 11.8. The third kappa shape index (κ3) is 3.14. The van der Waals surface area contributed by atoms with Gasteiger partial charge in [-0.3, -0.25) is 4.57 Å². The number of hydrogen-bond donors (Lipinski definition) is 1. The molecule has 0 aromatic heterocycles. The Bertz CT molecular complexity index is 415. The van der Waals surface area contributed by atoms with Crippen molar-refractivity contribution in [1.82, 2.24) is 0 Å². The Hall–Kier alpha value is -1.73. The van der Waals surface area contributed by atoms with Gasteiger partial charge in [-0.1, -0.05) is 36.4 Å². The van der Waals surface area contributed by atoms with Gasteiger partial charge in [-0.15, -0.1) is 0 Å². The number of hydrogen-bond acceptors (Lipinski definition) is 2. The van der Waals surface area contributed by atoms with Crippen LogP contribution < -0.4 is 9.61 Å². The summed E-state index contributed by atoms with van der Waals surface area (Å²) in [6, 6.07) is 18.5. The zero-order chi connectivity index (χ0) is 11.2. The van der Waals surface area contributed by atoms with Crippen molar-refractivity contribution in [3.63, 3.8) is 0 Å². The molecular formula is C12H12NO2P. The van der Waals surface area contributed by atoms with Gasteiger partial charge in [0.1, 0.15) is 5.75 Å². The van der Waals surface area contributed by atoms with Crippen LogP contribution >= 0.6 is 8.18 Å². The summed E-state index contributed by atoms with van der Waals surface area (Å²) < 4.78 is 16.9. The Morgan fingerprint density at radius 3 is 2.06 bits per heavy atom. The van der Waals surface area contributed by atoms with E-state index in [1.54, 1.807) is 12.1 Å². The fraction of sp³-hybridized carbons (Fsp3) is 0. The predicted octanol–water partition coefficient (Wildman–Crippen LogP) is 3.57. The second-order valence-corrected chi connectivity index (χ2v) is 4.22. The van der Waals surface area contributed by atoms with Crippen molar-refractivity contribution in [3.8, 4) is 5.75 Å². The topological polar surface area (TPSA) is 38.3 Å². The molecule has 0 aliphatic rings. The first-order valence-electron chi connectivity index (χ1n) is 4.93. The molecule has 1 N–H and O–H groups in total. The number of anilines is 1. The molecular weight excluding hydrogens is 221 g/mol. The highest BCUT2D eigenvalue weighted by molar-refractivity contribution is 7.41. The van der Waals surface area contributed by atoms with Crippen LogP contribution in [0.15, 0.2) is 60.7 Å². The quantitative estimate of drug-likeness (QED) is 0.820. The number of para-hydroxylation sites is 2. The molecule has 16 heavy (non-hydrogen) atoms. The lowest BCUT2D eigenvalue weighted by Crippen LogP contribution is -1.91. The molecule has 0 radical (unpaired) electrons. The van der Waals surface area contributed by atoms with Crippen LogP contribution in [0, 0.1) is 0 Å². The molecule has 0 spiro atoms. The van der Waals surface area contributed by atoms with Crippen LogP contribution in [0.3, 0.4) is 0 Å². The Morgan fingerprint density at radius 2 is 1.44 bits per heavy atom. The summed E-state index contributed by atoms with van der Waals surface area (Å²) in [6.07, 6.45) is 0. The molecule has 1 unspecified atom stereocenters.